The summed E-state index contributed by atoms with van der Waals surface area (Å²) in [5.74, 6) is -2.03. The Morgan fingerprint density at radius 3 is 2.31 bits per heavy atom. The van der Waals surface area contributed by atoms with Crippen LogP contribution in [0.3, 0.4) is 0 Å². The van der Waals surface area contributed by atoms with E-state index in [4.69, 9.17) is 0 Å². The van der Waals surface area contributed by atoms with Gasteiger partial charge in [-0.3, -0.25) is 4.79 Å². The van der Waals surface area contributed by atoms with Gasteiger partial charge in [0.2, 0.25) is 5.91 Å². The minimum Gasteiger partial charge on any atom is -0.349 e. The maximum absolute atomic E-state index is 12.9. The summed E-state index contributed by atoms with van der Waals surface area (Å²) in [5, 5.41) is 2.71. The van der Waals surface area contributed by atoms with Gasteiger partial charge >= 0.3 is 0 Å². The summed E-state index contributed by atoms with van der Waals surface area (Å²) in [4.78, 5) is 11.4. The van der Waals surface area contributed by atoms with Crippen molar-refractivity contribution in [2.45, 2.75) is 26.8 Å². The van der Waals surface area contributed by atoms with Gasteiger partial charge in [-0.1, -0.05) is 19.9 Å². The van der Waals surface area contributed by atoms with Crippen molar-refractivity contribution in [3.05, 3.63) is 35.4 Å². The van der Waals surface area contributed by atoms with Gasteiger partial charge in [-0.05, 0) is 24.6 Å². The van der Waals surface area contributed by atoms with Crippen molar-refractivity contribution in [3.8, 4) is 0 Å². The highest BCUT2D eigenvalue weighted by Crippen LogP contribution is 2.16. The average Bonchev–Trinajstić information content (AvgIpc) is 2.21. The van der Waals surface area contributed by atoms with Crippen LogP contribution < -0.4 is 5.32 Å². The smallest absolute Gasteiger partial charge is 0.223 e. The van der Waals surface area contributed by atoms with E-state index in [0.29, 0.717) is 5.56 Å². The Kier molecular flexibility index (Phi) is 3.99. The van der Waals surface area contributed by atoms with Gasteiger partial charge in [0, 0.05) is 5.92 Å². The fourth-order valence-electron chi connectivity index (χ4n) is 1.25. The molecule has 0 aliphatic rings. The van der Waals surface area contributed by atoms with Gasteiger partial charge in [-0.2, -0.15) is 0 Å². The first-order chi connectivity index (χ1) is 7.41. The quantitative estimate of drug-likeness (QED) is 0.845. The number of nitrogens with one attached hydrogen (secondary N) is 1. The molecule has 0 radical (unpaired) electrons. The van der Waals surface area contributed by atoms with Crippen molar-refractivity contribution in [1.29, 1.82) is 0 Å². The minimum atomic E-state index is -0.900. The number of carbonyl (C=O) groups is 1. The number of benzene rings is 1. The van der Waals surface area contributed by atoms with Gasteiger partial charge in [0.1, 0.15) is 0 Å². The van der Waals surface area contributed by atoms with Gasteiger partial charge in [-0.15, -0.1) is 0 Å². The molecule has 1 atom stereocenters. The third-order valence-corrected chi connectivity index (χ3v) is 2.33. The predicted molar refractivity (Wildman–Crippen MR) is 57.8 cm³/mol. The summed E-state index contributed by atoms with van der Waals surface area (Å²) in [6, 6.07) is 3.29. The molecule has 0 fully saturated rings. The number of carbonyl (C=O) groups excluding carboxylic acids is 1. The Labute approximate surface area is 93.7 Å². The number of rotatable bonds is 3. The number of halogens is 2. The molecule has 1 rings (SSSR count). The SMILES string of the molecule is CC(C)C(=O)NC(C)c1ccc(F)c(F)c1. The molecule has 1 aromatic carbocycles. The van der Waals surface area contributed by atoms with Crippen molar-refractivity contribution in [3.63, 3.8) is 0 Å². The van der Waals surface area contributed by atoms with Crippen LogP contribution in [-0.4, -0.2) is 5.91 Å². The monoisotopic (exact) mass is 227 g/mol. The molecule has 0 saturated heterocycles. The largest absolute Gasteiger partial charge is 0.349 e. The predicted octanol–water partition coefficient (Wildman–Crippen LogP) is 2.80. The summed E-state index contributed by atoms with van der Waals surface area (Å²) in [6.07, 6.45) is 0. The Balaban J connectivity index is 2.77. The average molecular weight is 227 g/mol. The molecule has 16 heavy (non-hydrogen) atoms. The molecule has 4 heteroatoms. The Morgan fingerprint density at radius 1 is 1.19 bits per heavy atom. The zero-order chi connectivity index (χ0) is 12.3. The van der Waals surface area contributed by atoms with Gasteiger partial charge < -0.3 is 5.32 Å². The third kappa shape index (κ3) is 3.02. The van der Waals surface area contributed by atoms with Crippen molar-refractivity contribution in [2.75, 3.05) is 0 Å². The summed E-state index contributed by atoms with van der Waals surface area (Å²) < 4.78 is 25.6. The lowest BCUT2D eigenvalue weighted by Gasteiger charge is -2.16. The highest BCUT2D eigenvalue weighted by Gasteiger charge is 2.13. The van der Waals surface area contributed by atoms with E-state index >= 15 is 0 Å². The molecule has 0 aliphatic heterocycles. The maximum atomic E-state index is 12.9. The van der Waals surface area contributed by atoms with Crippen molar-refractivity contribution in [2.24, 2.45) is 5.92 Å². The van der Waals surface area contributed by atoms with Crippen LogP contribution in [0.1, 0.15) is 32.4 Å². The molecular formula is C12H15F2NO. The van der Waals surface area contributed by atoms with Gasteiger partial charge in [-0.25, -0.2) is 8.78 Å². The van der Waals surface area contributed by atoms with Crippen LogP contribution in [-0.2, 0) is 4.79 Å². The van der Waals surface area contributed by atoms with E-state index in [2.05, 4.69) is 5.32 Å². The fourth-order valence-corrected chi connectivity index (χ4v) is 1.25. The topological polar surface area (TPSA) is 29.1 Å². The lowest BCUT2D eigenvalue weighted by Crippen LogP contribution is -2.30. The van der Waals surface area contributed by atoms with Gasteiger partial charge in [0.15, 0.2) is 11.6 Å². The van der Waals surface area contributed by atoms with Gasteiger partial charge in [0.05, 0.1) is 6.04 Å². The first-order valence-electron chi connectivity index (χ1n) is 5.17. The molecule has 0 spiro atoms. The molecule has 88 valence electrons. The zero-order valence-electron chi connectivity index (χ0n) is 9.55. The molecule has 1 N–H and O–H groups in total. The summed E-state index contributed by atoms with van der Waals surface area (Å²) in [6.45, 7) is 5.27. The Morgan fingerprint density at radius 2 is 1.81 bits per heavy atom. The molecule has 2 nitrogen and oxygen atoms in total. The molecule has 0 bridgehead atoms. The summed E-state index contributed by atoms with van der Waals surface area (Å²) >= 11 is 0. The second-order valence-corrected chi connectivity index (χ2v) is 4.06. The van der Waals surface area contributed by atoms with Crippen molar-refractivity contribution >= 4 is 5.91 Å². The first kappa shape index (κ1) is 12.6. The van der Waals surface area contributed by atoms with Crippen LogP contribution in [0.4, 0.5) is 8.78 Å². The first-order valence-corrected chi connectivity index (χ1v) is 5.17. The van der Waals surface area contributed by atoms with E-state index in [9.17, 15) is 13.6 Å². The third-order valence-electron chi connectivity index (χ3n) is 2.33. The van der Waals surface area contributed by atoms with Crippen LogP contribution in [0.5, 0.6) is 0 Å². The van der Waals surface area contributed by atoms with E-state index < -0.39 is 11.6 Å². The van der Waals surface area contributed by atoms with Crippen LogP contribution >= 0.6 is 0 Å². The van der Waals surface area contributed by atoms with Crippen molar-refractivity contribution < 1.29 is 13.6 Å². The lowest BCUT2D eigenvalue weighted by atomic mass is 10.1. The standard InChI is InChI=1S/C12H15F2NO/c1-7(2)12(16)15-8(3)9-4-5-10(13)11(14)6-9/h4-8H,1-3H3,(H,15,16). The van der Waals surface area contributed by atoms with Crippen LogP contribution in [0.25, 0.3) is 0 Å². The van der Waals surface area contributed by atoms with Crippen LogP contribution in [0.15, 0.2) is 18.2 Å². The molecule has 1 aromatic rings. The van der Waals surface area contributed by atoms with Crippen molar-refractivity contribution in [1.82, 2.24) is 5.32 Å². The Hall–Kier alpha value is -1.45. The molecule has 1 unspecified atom stereocenters. The van der Waals surface area contributed by atoms with E-state index in [1.807, 2.05) is 0 Å². The fraction of sp³-hybridized carbons (Fsp3) is 0.417. The van der Waals surface area contributed by atoms with E-state index in [-0.39, 0.29) is 17.9 Å². The van der Waals surface area contributed by atoms with Crippen LogP contribution in [0, 0.1) is 17.6 Å². The lowest BCUT2D eigenvalue weighted by molar-refractivity contribution is -0.124. The number of hydrogen-bond donors (Lipinski definition) is 1. The molecule has 0 heterocycles. The maximum Gasteiger partial charge on any atom is 0.223 e. The normalized spacial score (nSPS) is 12.6. The second kappa shape index (κ2) is 5.05. The minimum absolute atomic E-state index is 0.114. The van der Waals surface area contributed by atoms with E-state index in [0.717, 1.165) is 12.1 Å². The summed E-state index contributed by atoms with van der Waals surface area (Å²) in [7, 11) is 0. The summed E-state index contributed by atoms with van der Waals surface area (Å²) in [5.41, 5.74) is 0.549. The second-order valence-electron chi connectivity index (χ2n) is 4.06. The Bertz CT molecular complexity index is 391. The molecule has 0 aromatic heterocycles. The number of hydrogen-bond acceptors (Lipinski definition) is 1. The van der Waals surface area contributed by atoms with Gasteiger partial charge in [0.25, 0.3) is 0 Å². The van der Waals surface area contributed by atoms with E-state index in [1.54, 1.807) is 20.8 Å². The molecule has 0 saturated carbocycles. The zero-order valence-corrected chi connectivity index (χ0v) is 9.55. The van der Waals surface area contributed by atoms with Crippen LogP contribution in [0.2, 0.25) is 0 Å². The molecule has 1 amide bonds. The highest BCUT2D eigenvalue weighted by molar-refractivity contribution is 5.78. The number of amides is 1. The molecule has 0 aliphatic carbocycles. The molecular weight excluding hydrogens is 212 g/mol. The highest BCUT2D eigenvalue weighted by atomic mass is 19.2. The van der Waals surface area contributed by atoms with E-state index in [1.165, 1.54) is 6.07 Å².